The summed E-state index contributed by atoms with van der Waals surface area (Å²) in [6, 6.07) is 0. The molecule has 5 heteroatoms. The summed E-state index contributed by atoms with van der Waals surface area (Å²) < 4.78 is 2.31. The summed E-state index contributed by atoms with van der Waals surface area (Å²) >= 11 is 1.81. The highest BCUT2D eigenvalue weighted by Gasteiger charge is 2.29. The van der Waals surface area contributed by atoms with Gasteiger partial charge in [0.15, 0.2) is 5.13 Å². The SMILES string of the molecule is Cc1nc(N2CC(Cn3ccnc3C(C)C)C2)sc1C. The first-order chi connectivity index (χ1) is 9.54. The Hall–Kier alpha value is -1.36. The second-order valence-electron chi connectivity index (χ2n) is 6.00. The molecular weight excluding hydrogens is 268 g/mol. The number of anilines is 1. The van der Waals surface area contributed by atoms with E-state index in [1.807, 2.05) is 17.5 Å². The van der Waals surface area contributed by atoms with Crippen LogP contribution in [0.3, 0.4) is 0 Å². The molecule has 20 heavy (non-hydrogen) atoms. The zero-order valence-corrected chi connectivity index (χ0v) is 13.4. The molecule has 0 radical (unpaired) electrons. The number of imidazole rings is 1. The molecule has 2 aromatic heterocycles. The zero-order valence-electron chi connectivity index (χ0n) is 12.6. The second kappa shape index (κ2) is 5.20. The minimum Gasteiger partial charge on any atom is -0.347 e. The van der Waals surface area contributed by atoms with Gasteiger partial charge in [-0.15, -0.1) is 11.3 Å². The standard InChI is InChI=1S/C15H22N4S/c1-10(2)14-16-5-6-18(14)7-13-8-19(9-13)15-17-11(3)12(4)20-15/h5-6,10,13H,7-9H2,1-4H3. The highest BCUT2D eigenvalue weighted by atomic mass is 32.1. The van der Waals surface area contributed by atoms with Gasteiger partial charge in [0.05, 0.1) is 5.69 Å². The fraction of sp³-hybridized carbons (Fsp3) is 0.600. The molecule has 1 fully saturated rings. The maximum absolute atomic E-state index is 4.63. The van der Waals surface area contributed by atoms with Crippen LogP contribution in [0.2, 0.25) is 0 Å². The third-order valence-corrected chi connectivity index (χ3v) is 5.10. The first kappa shape index (κ1) is 13.6. The van der Waals surface area contributed by atoms with Crippen LogP contribution in [0.1, 0.15) is 36.2 Å². The molecule has 0 bridgehead atoms. The monoisotopic (exact) mass is 290 g/mol. The lowest BCUT2D eigenvalue weighted by molar-refractivity contribution is 0.350. The van der Waals surface area contributed by atoms with Crippen molar-refractivity contribution in [2.24, 2.45) is 5.92 Å². The molecule has 3 heterocycles. The molecule has 0 spiro atoms. The first-order valence-corrected chi connectivity index (χ1v) is 8.06. The molecular formula is C15H22N4S. The van der Waals surface area contributed by atoms with Gasteiger partial charge in [0.25, 0.3) is 0 Å². The third kappa shape index (κ3) is 2.46. The predicted molar refractivity (Wildman–Crippen MR) is 83.6 cm³/mol. The van der Waals surface area contributed by atoms with Gasteiger partial charge in [-0.05, 0) is 13.8 Å². The van der Waals surface area contributed by atoms with Crippen molar-refractivity contribution >= 4 is 16.5 Å². The van der Waals surface area contributed by atoms with Crippen LogP contribution in [-0.4, -0.2) is 27.6 Å². The number of hydrogen-bond donors (Lipinski definition) is 0. The molecule has 1 aliphatic rings. The summed E-state index contributed by atoms with van der Waals surface area (Å²) in [5, 5.41) is 1.19. The number of aromatic nitrogens is 3. The third-order valence-electron chi connectivity index (χ3n) is 3.96. The molecule has 0 aliphatic carbocycles. The van der Waals surface area contributed by atoms with Crippen LogP contribution in [-0.2, 0) is 6.54 Å². The van der Waals surface area contributed by atoms with E-state index < -0.39 is 0 Å². The molecule has 4 nitrogen and oxygen atoms in total. The molecule has 0 saturated carbocycles. The molecule has 108 valence electrons. The van der Waals surface area contributed by atoms with Gasteiger partial charge in [-0.2, -0.15) is 0 Å². The van der Waals surface area contributed by atoms with Gasteiger partial charge in [-0.1, -0.05) is 13.8 Å². The molecule has 1 saturated heterocycles. The van der Waals surface area contributed by atoms with Crippen molar-refractivity contribution in [3.05, 3.63) is 28.8 Å². The van der Waals surface area contributed by atoms with Crippen LogP contribution in [0.5, 0.6) is 0 Å². The van der Waals surface area contributed by atoms with Gasteiger partial charge in [0.2, 0.25) is 0 Å². The molecule has 0 amide bonds. The quantitative estimate of drug-likeness (QED) is 0.867. The highest BCUT2D eigenvalue weighted by molar-refractivity contribution is 7.15. The number of thiazole rings is 1. The molecule has 0 N–H and O–H groups in total. The first-order valence-electron chi connectivity index (χ1n) is 7.24. The molecule has 0 unspecified atom stereocenters. The van der Waals surface area contributed by atoms with Gasteiger partial charge < -0.3 is 9.47 Å². The van der Waals surface area contributed by atoms with Crippen molar-refractivity contribution in [3.8, 4) is 0 Å². The lowest BCUT2D eigenvalue weighted by Crippen LogP contribution is -2.48. The van der Waals surface area contributed by atoms with E-state index >= 15 is 0 Å². The van der Waals surface area contributed by atoms with Crippen molar-refractivity contribution in [1.82, 2.24) is 14.5 Å². The number of hydrogen-bond acceptors (Lipinski definition) is 4. The van der Waals surface area contributed by atoms with Crippen LogP contribution in [0.4, 0.5) is 5.13 Å². The van der Waals surface area contributed by atoms with Gasteiger partial charge in [-0.25, -0.2) is 9.97 Å². The van der Waals surface area contributed by atoms with E-state index in [4.69, 9.17) is 0 Å². The van der Waals surface area contributed by atoms with Crippen LogP contribution >= 0.6 is 11.3 Å². The molecule has 3 rings (SSSR count). The van der Waals surface area contributed by atoms with E-state index in [1.165, 1.54) is 21.5 Å². The van der Waals surface area contributed by atoms with E-state index in [0.29, 0.717) is 11.8 Å². The smallest absolute Gasteiger partial charge is 0.185 e. The minimum atomic E-state index is 0.491. The summed E-state index contributed by atoms with van der Waals surface area (Å²) in [5.41, 5.74) is 1.17. The van der Waals surface area contributed by atoms with Crippen LogP contribution < -0.4 is 4.90 Å². The fourth-order valence-electron chi connectivity index (χ4n) is 2.69. The van der Waals surface area contributed by atoms with E-state index in [2.05, 4.69) is 53.3 Å². The largest absolute Gasteiger partial charge is 0.347 e. The summed E-state index contributed by atoms with van der Waals surface area (Å²) in [4.78, 5) is 12.8. The van der Waals surface area contributed by atoms with Crippen LogP contribution in [0.25, 0.3) is 0 Å². The molecule has 0 aromatic carbocycles. The molecule has 0 atom stereocenters. The lowest BCUT2D eigenvalue weighted by atomic mass is 10.0. The topological polar surface area (TPSA) is 34.0 Å². The van der Waals surface area contributed by atoms with Crippen molar-refractivity contribution in [1.29, 1.82) is 0 Å². The normalized spacial score (nSPS) is 15.9. The Labute approximate surface area is 124 Å². The molecule has 2 aromatic rings. The Morgan fingerprint density at radius 1 is 1.35 bits per heavy atom. The maximum atomic E-state index is 4.63. The van der Waals surface area contributed by atoms with E-state index in [0.717, 1.165) is 19.6 Å². The summed E-state index contributed by atoms with van der Waals surface area (Å²) in [7, 11) is 0. The Balaban J connectivity index is 1.59. The van der Waals surface area contributed by atoms with E-state index in [-0.39, 0.29) is 0 Å². The van der Waals surface area contributed by atoms with Crippen molar-refractivity contribution in [3.63, 3.8) is 0 Å². The van der Waals surface area contributed by atoms with Crippen molar-refractivity contribution in [2.75, 3.05) is 18.0 Å². The predicted octanol–water partition coefficient (Wildman–Crippen LogP) is 3.22. The fourth-order valence-corrected chi connectivity index (χ4v) is 3.61. The second-order valence-corrected chi connectivity index (χ2v) is 7.18. The van der Waals surface area contributed by atoms with Crippen LogP contribution in [0.15, 0.2) is 12.4 Å². The van der Waals surface area contributed by atoms with Crippen molar-refractivity contribution in [2.45, 2.75) is 40.2 Å². The average Bonchev–Trinajstić information content (AvgIpc) is 2.91. The maximum Gasteiger partial charge on any atom is 0.185 e. The Morgan fingerprint density at radius 3 is 2.70 bits per heavy atom. The summed E-state index contributed by atoms with van der Waals surface area (Å²) in [6.45, 7) is 11.9. The van der Waals surface area contributed by atoms with Gasteiger partial charge in [0.1, 0.15) is 5.82 Å². The number of nitrogens with zero attached hydrogens (tertiary/aromatic N) is 4. The summed E-state index contributed by atoms with van der Waals surface area (Å²) in [6.07, 6.45) is 4.02. The van der Waals surface area contributed by atoms with Crippen molar-refractivity contribution < 1.29 is 0 Å². The van der Waals surface area contributed by atoms with Gasteiger partial charge >= 0.3 is 0 Å². The number of rotatable bonds is 4. The Kier molecular flexibility index (Phi) is 3.54. The van der Waals surface area contributed by atoms with Gasteiger partial charge in [0, 0.05) is 48.7 Å². The van der Waals surface area contributed by atoms with Gasteiger partial charge in [-0.3, -0.25) is 0 Å². The van der Waals surface area contributed by atoms with E-state index in [1.54, 1.807) is 0 Å². The van der Waals surface area contributed by atoms with Crippen LogP contribution in [0, 0.1) is 19.8 Å². The van der Waals surface area contributed by atoms with E-state index in [9.17, 15) is 0 Å². The minimum absolute atomic E-state index is 0.491. The Bertz CT molecular complexity index is 573. The highest BCUT2D eigenvalue weighted by Crippen LogP contribution is 2.31. The average molecular weight is 290 g/mol. The zero-order chi connectivity index (χ0) is 14.3. The lowest BCUT2D eigenvalue weighted by Gasteiger charge is -2.39. The number of aryl methyl sites for hydroxylation is 2. The molecule has 1 aliphatic heterocycles. The summed E-state index contributed by atoms with van der Waals surface area (Å²) in [5.74, 6) is 2.40. The Morgan fingerprint density at radius 2 is 2.10 bits per heavy atom.